The summed E-state index contributed by atoms with van der Waals surface area (Å²) in [5.41, 5.74) is 0.964. The Morgan fingerprint density at radius 3 is 2.61 bits per heavy atom. The van der Waals surface area contributed by atoms with Gasteiger partial charge in [0.2, 0.25) is 5.91 Å². The molecule has 1 amide bonds. The Morgan fingerprint density at radius 2 is 2.00 bits per heavy atom. The lowest BCUT2D eigenvalue weighted by atomic mass is 9.85. The zero-order valence-corrected chi connectivity index (χ0v) is 10.9. The molecule has 1 heterocycles. The third-order valence-electron chi connectivity index (χ3n) is 3.50. The van der Waals surface area contributed by atoms with E-state index < -0.39 is 0 Å². The average Bonchev–Trinajstić information content (AvgIpc) is 2.39. The van der Waals surface area contributed by atoms with Crippen molar-refractivity contribution < 1.29 is 4.79 Å². The fourth-order valence-corrected chi connectivity index (χ4v) is 2.45. The van der Waals surface area contributed by atoms with Gasteiger partial charge in [-0.25, -0.2) is 9.97 Å². The van der Waals surface area contributed by atoms with Crippen molar-refractivity contribution in [1.82, 2.24) is 15.3 Å². The van der Waals surface area contributed by atoms with E-state index in [1.165, 1.54) is 0 Å². The molecule has 2 N–H and O–H groups in total. The summed E-state index contributed by atoms with van der Waals surface area (Å²) in [5.74, 6) is 1.23. The number of nitrogens with zero attached hydrogens (tertiary/aromatic N) is 2. The van der Waals surface area contributed by atoms with Crippen LogP contribution in [-0.4, -0.2) is 29.0 Å². The molecular weight excluding hydrogens is 228 g/mol. The maximum atomic E-state index is 11.5. The lowest BCUT2D eigenvalue weighted by Gasteiger charge is -2.28. The Hall–Kier alpha value is -1.65. The van der Waals surface area contributed by atoms with Crippen LogP contribution in [0.1, 0.15) is 31.4 Å². The molecule has 2 rings (SSSR count). The molecule has 1 aromatic heterocycles. The third kappa shape index (κ3) is 3.18. The van der Waals surface area contributed by atoms with Crippen molar-refractivity contribution >= 4 is 11.7 Å². The molecule has 1 fully saturated rings. The van der Waals surface area contributed by atoms with Crippen molar-refractivity contribution in [3.8, 4) is 0 Å². The van der Waals surface area contributed by atoms with Crippen LogP contribution in [0.5, 0.6) is 0 Å². The van der Waals surface area contributed by atoms with Gasteiger partial charge in [0.15, 0.2) is 0 Å². The molecule has 1 aromatic rings. The van der Waals surface area contributed by atoms with Crippen LogP contribution < -0.4 is 10.6 Å². The number of carbonyl (C=O) groups excluding carboxylic acids is 1. The summed E-state index contributed by atoms with van der Waals surface area (Å²) in [6.07, 6.45) is 5.50. The molecule has 0 atom stereocenters. The number of rotatable bonds is 3. The van der Waals surface area contributed by atoms with Crippen LogP contribution in [0.4, 0.5) is 5.82 Å². The minimum absolute atomic E-state index is 0.173. The van der Waals surface area contributed by atoms with E-state index in [1.807, 2.05) is 13.0 Å². The maximum absolute atomic E-state index is 11.5. The standard InChI is InChI=1S/C13H20N4O/c1-9-7-12(16-8-15-9)17-11-5-3-10(4-6-11)13(18)14-2/h7-8,10-11H,3-6H2,1-2H3,(H,14,18)(H,15,16,17). The number of nitrogens with one attached hydrogen (secondary N) is 2. The van der Waals surface area contributed by atoms with Crippen molar-refractivity contribution in [3.63, 3.8) is 0 Å². The highest BCUT2D eigenvalue weighted by Gasteiger charge is 2.25. The van der Waals surface area contributed by atoms with Gasteiger partial charge in [0.1, 0.15) is 12.1 Å². The quantitative estimate of drug-likeness (QED) is 0.850. The van der Waals surface area contributed by atoms with Crippen molar-refractivity contribution in [2.45, 2.75) is 38.6 Å². The van der Waals surface area contributed by atoms with Crippen LogP contribution in [0.3, 0.4) is 0 Å². The molecule has 5 nitrogen and oxygen atoms in total. The van der Waals surface area contributed by atoms with E-state index in [-0.39, 0.29) is 11.8 Å². The minimum atomic E-state index is 0.173. The fourth-order valence-electron chi connectivity index (χ4n) is 2.45. The number of anilines is 1. The maximum Gasteiger partial charge on any atom is 0.222 e. The molecule has 0 spiro atoms. The van der Waals surface area contributed by atoms with Gasteiger partial charge < -0.3 is 10.6 Å². The predicted octanol–water partition coefficient (Wildman–Crippen LogP) is 1.50. The summed E-state index contributed by atoms with van der Waals surface area (Å²) in [5, 5.41) is 6.14. The van der Waals surface area contributed by atoms with Gasteiger partial charge in [0.05, 0.1) is 0 Å². The third-order valence-corrected chi connectivity index (χ3v) is 3.50. The first-order valence-corrected chi connectivity index (χ1v) is 6.46. The van der Waals surface area contributed by atoms with E-state index in [9.17, 15) is 4.79 Å². The molecule has 1 aliphatic rings. The van der Waals surface area contributed by atoms with E-state index >= 15 is 0 Å². The van der Waals surface area contributed by atoms with Crippen molar-refractivity contribution in [2.75, 3.05) is 12.4 Å². The van der Waals surface area contributed by atoms with Crippen LogP contribution in [-0.2, 0) is 4.79 Å². The number of hydrogen-bond donors (Lipinski definition) is 2. The van der Waals surface area contributed by atoms with Gasteiger partial charge in [-0.2, -0.15) is 0 Å². The number of aryl methyl sites for hydroxylation is 1. The van der Waals surface area contributed by atoms with Crippen LogP contribution in [0.25, 0.3) is 0 Å². The van der Waals surface area contributed by atoms with Gasteiger partial charge in [-0.15, -0.1) is 0 Å². The lowest BCUT2D eigenvalue weighted by molar-refractivity contribution is -0.125. The molecule has 1 aliphatic carbocycles. The largest absolute Gasteiger partial charge is 0.367 e. The second-order valence-electron chi connectivity index (χ2n) is 4.85. The second kappa shape index (κ2) is 5.80. The topological polar surface area (TPSA) is 66.9 Å². The van der Waals surface area contributed by atoms with E-state index in [4.69, 9.17) is 0 Å². The average molecular weight is 248 g/mol. The van der Waals surface area contributed by atoms with Gasteiger partial charge in [0, 0.05) is 30.8 Å². The summed E-state index contributed by atoms with van der Waals surface area (Å²) in [6.45, 7) is 1.95. The Kier molecular flexibility index (Phi) is 4.12. The van der Waals surface area contributed by atoms with Crippen LogP contribution in [0.2, 0.25) is 0 Å². The highest BCUT2D eigenvalue weighted by Crippen LogP contribution is 2.26. The Labute approximate surface area is 107 Å². The Bertz CT molecular complexity index is 413. The van der Waals surface area contributed by atoms with E-state index in [2.05, 4.69) is 20.6 Å². The predicted molar refractivity (Wildman–Crippen MR) is 70.2 cm³/mol. The lowest BCUT2D eigenvalue weighted by Crippen LogP contribution is -2.34. The highest BCUT2D eigenvalue weighted by atomic mass is 16.1. The number of carbonyl (C=O) groups is 1. The monoisotopic (exact) mass is 248 g/mol. The molecule has 18 heavy (non-hydrogen) atoms. The van der Waals surface area contributed by atoms with Crippen molar-refractivity contribution in [2.24, 2.45) is 5.92 Å². The van der Waals surface area contributed by atoms with Crippen LogP contribution in [0, 0.1) is 12.8 Å². The molecule has 0 radical (unpaired) electrons. The molecule has 1 saturated carbocycles. The number of amides is 1. The molecule has 0 unspecified atom stereocenters. The summed E-state index contributed by atoms with van der Waals surface area (Å²) < 4.78 is 0. The van der Waals surface area contributed by atoms with Crippen LogP contribution in [0.15, 0.2) is 12.4 Å². The van der Waals surface area contributed by atoms with Gasteiger partial charge in [-0.05, 0) is 32.6 Å². The summed E-state index contributed by atoms with van der Waals surface area (Å²) in [6, 6.07) is 2.37. The van der Waals surface area contributed by atoms with Crippen molar-refractivity contribution in [1.29, 1.82) is 0 Å². The molecule has 5 heteroatoms. The van der Waals surface area contributed by atoms with Gasteiger partial charge in [-0.3, -0.25) is 4.79 Å². The minimum Gasteiger partial charge on any atom is -0.367 e. The summed E-state index contributed by atoms with van der Waals surface area (Å²) in [7, 11) is 1.70. The SMILES string of the molecule is CNC(=O)C1CCC(Nc2cc(C)ncn2)CC1. The fraction of sp³-hybridized carbons (Fsp3) is 0.615. The smallest absolute Gasteiger partial charge is 0.222 e. The Balaban J connectivity index is 1.85. The zero-order valence-electron chi connectivity index (χ0n) is 10.9. The molecule has 0 bridgehead atoms. The van der Waals surface area contributed by atoms with Crippen LogP contribution >= 0.6 is 0 Å². The number of hydrogen-bond acceptors (Lipinski definition) is 4. The van der Waals surface area contributed by atoms with E-state index in [1.54, 1.807) is 13.4 Å². The first-order chi connectivity index (χ1) is 8.69. The molecule has 98 valence electrons. The molecule has 0 aromatic carbocycles. The first-order valence-electron chi connectivity index (χ1n) is 6.46. The first kappa shape index (κ1) is 12.8. The van der Waals surface area contributed by atoms with Gasteiger partial charge in [-0.1, -0.05) is 0 Å². The van der Waals surface area contributed by atoms with Crippen molar-refractivity contribution in [3.05, 3.63) is 18.1 Å². The summed E-state index contributed by atoms with van der Waals surface area (Å²) >= 11 is 0. The van der Waals surface area contributed by atoms with E-state index in [0.717, 1.165) is 37.2 Å². The van der Waals surface area contributed by atoms with E-state index in [0.29, 0.717) is 6.04 Å². The second-order valence-corrected chi connectivity index (χ2v) is 4.85. The zero-order chi connectivity index (χ0) is 13.0. The van der Waals surface area contributed by atoms with Gasteiger partial charge >= 0.3 is 0 Å². The van der Waals surface area contributed by atoms with Gasteiger partial charge in [0.25, 0.3) is 0 Å². The Morgan fingerprint density at radius 1 is 1.28 bits per heavy atom. The normalized spacial score (nSPS) is 23.4. The summed E-state index contributed by atoms with van der Waals surface area (Å²) in [4.78, 5) is 19.8. The molecular formula is C13H20N4O. The number of aromatic nitrogens is 2. The molecule has 0 saturated heterocycles. The highest BCUT2D eigenvalue weighted by molar-refractivity contribution is 5.78. The molecule has 0 aliphatic heterocycles.